The van der Waals surface area contributed by atoms with Gasteiger partial charge in [-0.25, -0.2) is 14.6 Å². The van der Waals surface area contributed by atoms with Crippen LogP contribution in [0.2, 0.25) is 0 Å². The van der Waals surface area contributed by atoms with Crippen LogP contribution >= 0.6 is 0 Å². The van der Waals surface area contributed by atoms with Gasteiger partial charge >= 0.3 is 18.1 Å². The monoisotopic (exact) mass is 453 g/mol. The minimum Gasteiger partial charge on any atom is -0.475 e. The van der Waals surface area contributed by atoms with Gasteiger partial charge in [-0.05, 0) is 55.9 Å². The van der Waals surface area contributed by atoms with Crippen molar-refractivity contribution in [2.24, 2.45) is 5.92 Å². The van der Waals surface area contributed by atoms with E-state index < -0.39 is 17.7 Å². The normalized spacial score (nSPS) is 21.7. The Balaban J connectivity index is 0.000000360. The zero-order chi connectivity index (χ0) is 23.7. The van der Waals surface area contributed by atoms with Gasteiger partial charge in [0, 0.05) is 30.2 Å². The van der Waals surface area contributed by atoms with E-state index in [1.807, 2.05) is 35.9 Å². The molecule has 2 aromatic rings. The van der Waals surface area contributed by atoms with Crippen LogP contribution in [0, 0.1) is 12.8 Å². The largest absolute Gasteiger partial charge is 0.490 e. The van der Waals surface area contributed by atoms with Gasteiger partial charge in [0.2, 0.25) is 0 Å². The smallest absolute Gasteiger partial charge is 0.475 e. The number of carbonyl (C=O) groups excluding carboxylic acids is 2. The minimum absolute atomic E-state index is 0.0812. The van der Waals surface area contributed by atoms with Crippen molar-refractivity contribution in [2.75, 3.05) is 13.7 Å². The highest BCUT2D eigenvalue weighted by molar-refractivity contribution is 6.00. The number of carboxylic acid groups (broad SMARTS) is 1. The van der Waals surface area contributed by atoms with Crippen LogP contribution in [0.4, 0.5) is 13.2 Å². The lowest BCUT2D eigenvalue weighted by molar-refractivity contribution is -0.192. The van der Waals surface area contributed by atoms with E-state index in [2.05, 4.69) is 4.98 Å². The Morgan fingerprint density at radius 2 is 1.94 bits per heavy atom. The Kier molecular flexibility index (Phi) is 6.29. The van der Waals surface area contributed by atoms with E-state index in [0.29, 0.717) is 18.5 Å². The number of carboxylic acids is 1. The average Bonchev–Trinajstić information content (AvgIpc) is 3.33. The van der Waals surface area contributed by atoms with E-state index in [4.69, 9.17) is 14.6 Å². The predicted molar refractivity (Wildman–Crippen MR) is 105 cm³/mol. The summed E-state index contributed by atoms with van der Waals surface area (Å²) in [6, 6.07) is 5.71. The second-order valence-electron chi connectivity index (χ2n) is 7.67. The molecule has 1 amide bonds. The molecule has 1 aromatic carbocycles. The van der Waals surface area contributed by atoms with Gasteiger partial charge in [-0.2, -0.15) is 13.2 Å². The molecule has 32 heavy (non-hydrogen) atoms. The molecule has 1 N–H and O–H groups in total. The molecule has 8 nitrogen and oxygen atoms in total. The molecule has 1 aliphatic carbocycles. The Morgan fingerprint density at radius 1 is 1.25 bits per heavy atom. The second-order valence-corrected chi connectivity index (χ2v) is 7.67. The van der Waals surface area contributed by atoms with Crippen LogP contribution in [-0.4, -0.2) is 62.8 Å². The van der Waals surface area contributed by atoms with Crippen molar-refractivity contribution in [2.45, 2.75) is 37.9 Å². The number of methoxy groups -OCH3 is 1. The molecule has 1 aliphatic heterocycles. The predicted octanol–water partition coefficient (Wildman–Crippen LogP) is 2.98. The third kappa shape index (κ3) is 4.06. The number of hydrogen-bond donors (Lipinski definition) is 1. The lowest BCUT2D eigenvalue weighted by Gasteiger charge is -2.47. The standard InChI is InChI=1S/C19H21N3O3.C2HF3O2/c1-13-11-15(21-10-8-20-12-21)3-4-16(13)17(23)22-9-6-14-5-7-19(14,22)18(24)25-2;3-2(4,5)1(6)7/h3-4,8,10-12,14H,5-7,9H2,1-2H3;(H,6,7)/t14-,19-;/m0./s1. The first-order valence-corrected chi connectivity index (χ1v) is 9.82. The van der Waals surface area contributed by atoms with Gasteiger partial charge in [-0.3, -0.25) is 4.79 Å². The third-order valence-corrected chi connectivity index (χ3v) is 6.00. The van der Waals surface area contributed by atoms with E-state index in [0.717, 1.165) is 24.1 Å². The molecule has 2 heterocycles. The van der Waals surface area contributed by atoms with Crippen molar-refractivity contribution < 1.29 is 37.4 Å². The zero-order valence-electron chi connectivity index (χ0n) is 17.4. The SMILES string of the molecule is COC(=O)[C@]12CC[C@H]1CCN2C(=O)c1ccc(-n2ccnc2)cc1C.O=C(O)C(F)(F)F. The topological polar surface area (TPSA) is 102 Å². The number of esters is 1. The molecule has 172 valence electrons. The summed E-state index contributed by atoms with van der Waals surface area (Å²) in [5.74, 6) is -2.88. The number of carbonyl (C=O) groups is 3. The van der Waals surface area contributed by atoms with Crippen LogP contribution in [0.25, 0.3) is 5.69 Å². The lowest BCUT2D eigenvalue weighted by Crippen LogP contribution is -2.62. The van der Waals surface area contributed by atoms with Crippen molar-refractivity contribution in [1.82, 2.24) is 14.5 Å². The highest BCUT2D eigenvalue weighted by Gasteiger charge is 2.62. The fourth-order valence-electron chi connectivity index (χ4n) is 4.29. The molecule has 2 aliphatic rings. The minimum atomic E-state index is -5.08. The summed E-state index contributed by atoms with van der Waals surface area (Å²) < 4.78 is 38.7. The Labute approximate surface area is 181 Å². The molecular weight excluding hydrogens is 431 g/mol. The van der Waals surface area contributed by atoms with Crippen molar-refractivity contribution in [3.63, 3.8) is 0 Å². The van der Waals surface area contributed by atoms with E-state index in [9.17, 15) is 22.8 Å². The first-order chi connectivity index (χ1) is 15.0. The van der Waals surface area contributed by atoms with Crippen molar-refractivity contribution >= 4 is 17.8 Å². The lowest BCUT2D eigenvalue weighted by atomic mass is 9.67. The molecule has 2 fully saturated rings. The fourth-order valence-corrected chi connectivity index (χ4v) is 4.29. The molecule has 0 radical (unpaired) electrons. The molecule has 1 saturated carbocycles. The molecular formula is C21H22F3N3O5. The summed E-state index contributed by atoms with van der Waals surface area (Å²) in [6.45, 7) is 2.54. The van der Waals surface area contributed by atoms with Gasteiger partial charge in [0.25, 0.3) is 5.91 Å². The van der Waals surface area contributed by atoms with Crippen LogP contribution in [0.1, 0.15) is 35.2 Å². The Morgan fingerprint density at radius 3 is 2.41 bits per heavy atom. The van der Waals surface area contributed by atoms with Crippen LogP contribution in [0.3, 0.4) is 0 Å². The molecule has 2 atom stereocenters. The van der Waals surface area contributed by atoms with E-state index in [1.54, 1.807) is 17.4 Å². The van der Waals surface area contributed by atoms with Crippen LogP contribution in [0.5, 0.6) is 0 Å². The molecule has 0 bridgehead atoms. The van der Waals surface area contributed by atoms with Gasteiger partial charge in [-0.15, -0.1) is 0 Å². The number of likely N-dealkylation sites (tertiary alicyclic amines) is 1. The molecule has 1 aromatic heterocycles. The number of alkyl halides is 3. The number of rotatable bonds is 3. The van der Waals surface area contributed by atoms with Crippen LogP contribution < -0.4 is 0 Å². The summed E-state index contributed by atoms with van der Waals surface area (Å²) in [4.78, 5) is 40.3. The molecule has 0 unspecified atom stereocenters. The van der Waals surface area contributed by atoms with E-state index >= 15 is 0 Å². The van der Waals surface area contributed by atoms with Crippen molar-refractivity contribution in [3.8, 4) is 5.69 Å². The number of aryl methyl sites for hydroxylation is 1. The third-order valence-electron chi connectivity index (χ3n) is 6.00. The number of amides is 1. The number of aromatic nitrogens is 2. The van der Waals surface area contributed by atoms with Gasteiger partial charge in [0.15, 0.2) is 0 Å². The molecule has 0 spiro atoms. The van der Waals surface area contributed by atoms with Crippen LogP contribution in [0.15, 0.2) is 36.9 Å². The number of halogens is 3. The second kappa shape index (κ2) is 8.64. The number of ether oxygens (including phenoxy) is 1. The summed E-state index contributed by atoms with van der Waals surface area (Å²) >= 11 is 0. The molecule has 11 heteroatoms. The summed E-state index contributed by atoms with van der Waals surface area (Å²) in [7, 11) is 1.40. The number of fused-ring (bicyclic) bond motifs is 1. The summed E-state index contributed by atoms with van der Waals surface area (Å²) in [6.07, 6.45) is 2.77. The average molecular weight is 453 g/mol. The van der Waals surface area contributed by atoms with Gasteiger partial charge in [-0.1, -0.05) is 0 Å². The highest BCUT2D eigenvalue weighted by Crippen LogP contribution is 2.51. The Bertz CT molecular complexity index is 1020. The Hall–Kier alpha value is -3.37. The number of imidazole rings is 1. The molecule has 1 saturated heterocycles. The zero-order valence-corrected chi connectivity index (χ0v) is 17.4. The number of benzene rings is 1. The quantitative estimate of drug-likeness (QED) is 0.717. The first kappa shape index (κ1) is 23.3. The maximum Gasteiger partial charge on any atom is 0.490 e. The highest BCUT2D eigenvalue weighted by atomic mass is 19.4. The van der Waals surface area contributed by atoms with Gasteiger partial charge in [0.1, 0.15) is 5.54 Å². The van der Waals surface area contributed by atoms with Crippen molar-refractivity contribution in [1.29, 1.82) is 0 Å². The number of nitrogens with zero attached hydrogens (tertiary/aromatic N) is 3. The van der Waals surface area contributed by atoms with Crippen molar-refractivity contribution in [3.05, 3.63) is 48.0 Å². The maximum absolute atomic E-state index is 13.2. The summed E-state index contributed by atoms with van der Waals surface area (Å²) in [5, 5.41) is 7.12. The van der Waals surface area contributed by atoms with Gasteiger partial charge in [0.05, 0.1) is 13.4 Å². The fraction of sp³-hybridized carbons (Fsp3) is 0.429. The molecule has 4 rings (SSSR count). The summed E-state index contributed by atoms with van der Waals surface area (Å²) in [5.41, 5.74) is 1.73. The van der Waals surface area contributed by atoms with Crippen LogP contribution in [-0.2, 0) is 14.3 Å². The van der Waals surface area contributed by atoms with E-state index in [-0.39, 0.29) is 17.8 Å². The van der Waals surface area contributed by atoms with E-state index in [1.165, 1.54) is 7.11 Å². The number of aliphatic carboxylic acids is 1. The number of hydrogen-bond acceptors (Lipinski definition) is 5. The first-order valence-electron chi connectivity index (χ1n) is 9.82. The maximum atomic E-state index is 13.2. The van der Waals surface area contributed by atoms with Gasteiger partial charge < -0.3 is 19.3 Å².